The maximum absolute atomic E-state index is 13.0. The highest BCUT2D eigenvalue weighted by Crippen LogP contribution is 2.39. The van der Waals surface area contributed by atoms with E-state index in [1.165, 1.54) is 0 Å². The number of imidazole rings is 2. The number of H-pyrrole nitrogens is 2. The number of nitrogens with one attached hydrogen (secondary N) is 2. The second-order valence-corrected chi connectivity index (χ2v) is 16.4. The third kappa shape index (κ3) is 7.29. The van der Waals surface area contributed by atoms with Gasteiger partial charge in [-0.05, 0) is 121 Å². The molecule has 0 unspecified atom stereocenters. The van der Waals surface area contributed by atoms with E-state index in [1.54, 1.807) is 0 Å². The van der Waals surface area contributed by atoms with Crippen LogP contribution in [-0.4, -0.2) is 65.2 Å². The van der Waals surface area contributed by atoms with E-state index in [0.717, 1.165) is 81.7 Å². The number of nitrogens with zero attached hydrogens (tertiary/aromatic N) is 4. The second-order valence-electron chi connectivity index (χ2n) is 16.4. The van der Waals surface area contributed by atoms with Crippen LogP contribution in [0.1, 0.15) is 105 Å². The Morgan fingerprint density at radius 1 is 0.596 bits per heavy atom. The summed E-state index contributed by atoms with van der Waals surface area (Å²) in [6.07, 6.45) is 6.60. The molecule has 52 heavy (non-hydrogen) atoms. The summed E-state index contributed by atoms with van der Waals surface area (Å²) in [6.45, 7) is 15.5. The molecule has 0 aliphatic carbocycles. The third-order valence-corrected chi connectivity index (χ3v) is 10.0. The smallest absolute Gasteiger partial charge is 0.411 e. The molecule has 2 aliphatic heterocycles. The van der Waals surface area contributed by atoms with Crippen LogP contribution in [0, 0.1) is 0 Å². The van der Waals surface area contributed by atoms with E-state index in [9.17, 15) is 9.59 Å². The van der Waals surface area contributed by atoms with Crippen molar-refractivity contribution in [2.75, 3.05) is 0 Å². The standard InChI is InChI=1S/C42H50N6O4/c1-25-9-19-35(47(25)39(49)51-41(3,4)5)37-43-23-33(45-37)28-13-11-27(12-14-28)29-15-16-31-22-32(18-17-30(31)21-29)34-24-44-38(46-34)36-20-10-26(2)48(36)40(50)52-42(6,7)8/h11-18,21-26,35-36H,9-10,19-20H2,1-8H3,(H,43,45)(H,44,46)/t25-,26-,35-,36-/m0/s1. The molecule has 3 aromatic carbocycles. The molecule has 2 aliphatic rings. The van der Waals surface area contributed by atoms with Gasteiger partial charge < -0.3 is 19.4 Å². The molecule has 0 spiro atoms. The van der Waals surface area contributed by atoms with E-state index in [2.05, 4.69) is 84.5 Å². The van der Waals surface area contributed by atoms with Crippen molar-refractivity contribution in [2.24, 2.45) is 0 Å². The Morgan fingerprint density at radius 2 is 1.00 bits per heavy atom. The number of fused-ring (bicyclic) bond motifs is 1. The maximum atomic E-state index is 13.0. The molecule has 2 aromatic heterocycles. The van der Waals surface area contributed by atoms with E-state index in [4.69, 9.17) is 19.4 Å². The van der Waals surface area contributed by atoms with Crippen molar-refractivity contribution < 1.29 is 19.1 Å². The second kappa shape index (κ2) is 13.5. The van der Waals surface area contributed by atoms with Crippen LogP contribution in [0.3, 0.4) is 0 Å². The van der Waals surface area contributed by atoms with Gasteiger partial charge in [0.1, 0.15) is 22.9 Å². The average Bonchev–Trinajstić information content (AvgIpc) is 3.89. The van der Waals surface area contributed by atoms with Gasteiger partial charge in [0.2, 0.25) is 0 Å². The van der Waals surface area contributed by atoms with Crippen molar-refractivity contribution >= 4 is 23.0 Å². The van der Waals surface area contributed by atoms with E-state index < -0.39 is 11.2 Å². The molecule has 4 heterocycles. The van der Waals surface area contributed by atoms with Crippen LogP contribution in [0.15, 0.2) is 73.1 Å². The number of aromatic amines is 2. The van der Waals surface area contributed by atoms with E-state index in [1.807, 2.05) is 63.7 Å². The normalized spacial score (nSPS) is 20.8. The summed E-state index contributed by atoms with van der Waals surface area (Å²) in [5.74, 6) is 1.57. The lowest BCUT2D eigenvalue weighted by atomic mass is 9.98. The molecular weight excluding hydrogens is 653 g/mol. The van der Waals surface area contributed by atoms with Gasteiger partial charge in [0.05, 0.1) is 35.9 Å². The number of hydrogen-bond donors (Lipinski definition) is 2. The van der Waals surface area contributed by atoms with Crippen LogP contribution >= 0.6 is 0 Å². The number of ether oxygens (including phenoxy) is 2. The molecule has 7 rings (SSSR count). The lowest BCUT2D eigenvalue weighted by molar-refractivity contribution is 0.0141. The van der Waals surface area contributed by atoms with E-state index >= 15 is 0 Å². The molecule has 0 radical (unpaired) electrons. The fourth-order valence-electron chi connectivity index (χ4n) is 7.49. The first kappa shape index (κ1) is 35.3. The minimum Gasteiger partial charge on any atom is -0.444 e. The number of likely N-dealkylation sites (tertiary alicyclic amines) is 2. The number of amides is 2. The van der Waals surface area contributed by atoms with Gasteiger partial charge >= 0.3 is 12.2 Å². The van der Waals surface area contributed by atoms with E-state index in [0.29, 0.717) is 0 Å². The third-order valence-electron chi connectivity index (χ3n) is 10.0. The molecule has 2 fully saturated rings. The lowest BCUT2D eigenvalue weighted by Gasteiger charge is -2.30. The fourth-order valence-corrected chi connectivity index (χ4v) is 7.49. The Kier molecular flexibility index (Phi) is 9.13. The topological polar surface area (TPSA) is 116 Å². The first-order valence-corrected chi connectivity index (χ1v) is 18.4. The van der Waals surface area contributed by atoms with Gasteiger partial charge in [-0.3, -0.25) is 9.80 Å². The first-order chi connectivity index (χ1) is 24.6. The maximum Gasteiger partial charge on any atom is 0.411 e. The zero-order valence-electron chi connectivity index (χ0n) is 31.5. The van der Waals surface area contributed by atoms with E-state index in [-0.39, 0.29) is 36.4 Å². The summed E-state index contributed by atoms with van der Waals surface area (Å²) < 4.78 is 11.4. The minimum atomic E-state index is -0.555. The molecule has 2 N–H and O–H groups in total. The van der Waals surface area contributed by atoms with Crippen molar-refractivity contribution in [2.45, 2.75) is 116 Å². The highest BCUT2D eigenvalue weighted by molar-refractivity contribution is 5.90. The number of aromatic nitrogens is 4. The van der Waals surface area contributed by atoms with Gasteiger partial charge in [-0.15, -0.1) is 0 Å². The predicted octanol–water partition coefficient (Wildman–Crippen LogP) is 10.2. The molecule has 272 valence electrons. The molecule has 10 heteroatoms. The van der Waals surface area contributed by atoms with Crippen LogP contribution in [0.25, 0.3) is 44.4 Å². The molecule has 4 atom stereocenters. The predicted molar refractivity (Wildman–Crippen MR) is 204 cm³/mol. The summed E-state index contributed by atoms with van der Waals surface area (Å²) in [5, 5.41) is 2.27. The van der Waals surface area contributed by atoms with Crippen molar-refractivity contribution in [1.82, 2.24) is 29.7 Å². The van der Waals surface area contributed by atoms with Crippen LogP contribution in [-0.2, 0) is 9.47 Å². The molecule has 2 saturated heterocycles. The van der Waals surface area contributed by atoms with Crippen LogP contribution < -0.4 is 0 Å². The number of benzene rings is 3. The summed E-state index contributed by atoms with van der Waals surface area (Å²) in [6, 6.07) is 21.3. The Balaban J connectivity index is 1.05. The van der Waals surface area contributed by atoms with Gasteiger partial charge in [-0.2, -0.15) is 0 Å². The summed E-state index contributed by atoms with van der Waals surface area (Å²) >= 11 is 0. The monoisotopic (exact) mass is 702 g/mol. The fraction of sp³-hybridized carbons (Fsp3) is 0.429. The quantitative estimate of drug-likeness (QED) is 0.188. The number of carbonyl (C=O) groups is 2. The zero-order chi connectivity index (χ0) is 36.9. The molecule has 0 bridgehead atoms. The number of hydrogen-bond acceptors (Lipinski definition) is 6. The Labute approximate surface area is 305 Å². The van der Waals surface area contributed by atoms with Crippen LogP contribution in [0.4, 0.5) is 9.59 Å². The Hall–Kier alpha value is -5.12. The van der Waals surface area contributed by atoms with Crippen molar-refractivity contribution in [1.29, 1.82) is 0 Å². The SMILES string of the molecule is C[C@H]1CC[C@@H](c2ncc(-c3ccc(-c4ccc5cc(-c6cnc([C@@H]7CC[C@H](C)N7C(=O)OC(C)(C)C)[nH]6)ccc5c4)cc3)[nH]2)N1C(=O)OC(C)(C)C. The first-order valence-electron chi connectivity index (χ1n) is 18.4. The zero-order valence-corrected chi connectivity index (χ0v) is 31.5. The van der Waals surface area contributed by atoms with Crippen LogP contribution in [0.5, 0.6) is 0 Å². The Morgan fingerprint density at radius 3 is 1.48 bits per heavy atom. The molecule has 0 saturated carbocycles. The van der Waals surface area contributed by atoms with Gasteiger partial charge in [-0.1, -0.05) is 48.5 Å². The van der Waals surface area contributed by atoms with Gasteiger partial charge in [0.15, 0.2) is 0 Å². The van der Waals surface area contributed by atoms with Crippen molar-refractivity contribution in [3.8, 4) is 33.6 Å². The average molecular weight is 703 g/mol. The number of rotatable bonds is 5. The summed E-state index contributed by atoms with van der Waals surface area (Å²) in [5.41, 5.74) is 5.05. The van der Waals surface area contributed by atoms with Gasteiger partial charge in [-0.25, -0.2) is 19.6 Å². The highest BCUT2D eigenvalue weighted by atomic mass is 16.6. The minimum absolute atomic E-state index is 0.0853. The Bertz CT molecular complexity index is 2090. The highest BCUT2D eigenvalue weighted by Gasteiger charge is 2.40. The number of carbonyl (C=O) groups excluding carboxylic acids is 2. The molecule has 10 nitrogen and oxygen atoms in total. The van der Waals surface area contributed by atoms with Crippen molar-refractivity contribution in [3.63, 3.8) is 0 Å². The van der Waals surface area contributed by atoms with Gasteiger partial charge in [0.25, 0.3) is 0 Å². The van der Waals surface area contributed by atoms with Crippen LogP contribution in [0.2, 0.25) is 0 Å². The molecule has 2 amide bonds. The summed E-state index contributed by atoms with van der Waals surface area (Å²) in [7, 11) is 0. The molecular formula is C42H50N6O4. The lowest BCUT2D eigenvalue weighted by Crippen LogP contribution is -2.40. The van der Waals surface area contributed by atoms with Gasteiger partial charge in [0, 0.05) is 17.6 Å². The largest absolute Gasteiger partial charge is 0.444 e. The van der Waals surface area contributed by atoms with Crippen molar-refractivity contribution in [3.05, 3.63) is 84.7 Å². The summed E-state index contributed by atoms with van der Waals surface area (Å²) in [4.78, 5) is 46.1. The molecule has 5 aromatic rings.